The van der Waals surface area contributed by atoms with E-state index in [1.165, 1.54) is 6.26 Å². The number of carboxylic acid groups (broad SMARTS) is 1. The minimum absolute atomic E-state index is 0.107. The van der Waals surface area contributed by atoms with Gasteiger partial charge in [-0.05, 0) is 25.2 Å². The Balaban J connectivity index is 1.90. The van der Waals surface area contributed by atoms with Crippen LogP contribution in [0.25, 0.3) is 0 Å². The summed E-state index contributed by atoms with van der Waals surface area (Å²) in [4.78, 5) is 26.2. The molecule has 0 atom stereocenters. The Labute approximate surface area is 116 Å². The molecule has 20 heavy (non-hydrogen) atoms. The quantitative estimate of drug-likeness (QED) is 0.736. The Morgan fingerprint density at radius 2 is 2.30 bits per heavy atom. The summed E-state index contributed by atoms with van der Waals surface area (Å²) in [6.07, 6.45) is 4.14. The molecule has 1 heterocycles. The second-order valence-corrected chi connectivity index (χ2v) is 5.04. The normalized spacial score (nSPS) is 16.2. The van der Waals surface area contributed by atoms with Crippen molar-refractivity contribution in [2.75, 3.05) is 18.5 Å². The molecule has 0 radical (unpaired) electrons. The van der Waals surface area contributed by atoms with E-state index in [1.54, 1.807) is 6.92 Å². The number of rotatable bonds is 7. The molecule has 1 aromatic rings. The maximum Gasteiger partial charge on any atom is 0.360 e. The zero-order valence-corrected chi connectivity index (χ0v) is 11.3. The molecule has 0 spiro atoms. The van der Waals surface area contributed by atoms with Crippen LogP contribution in [0, 0.1) is 5.41 Å². The van der Waals surface area contributed by atoms with Crippen LogP contribution in [0.1, 0.15) is 43.1 Å². The first-order valence-electron chi connectivity index (χ1n) is 6.63. The van der Waals surface area contributed by atoms with Gasteiger partial charge >= 0.3 is 11.9 Å². The summed E-state index contributed by atoms with van der Waals surface area (Å²) >= 11 is 0. The molecule has 1 fully saturated rings. The first kappa shape index (κ1) is 14.4. The lowest BCUT2D eigenvalue weighted by atomic mass is 9.66. The Kier molecular flexibility index (Phi) is 4.26. The highest BCUT2D eigenvalue weighted by atomic mass is 16.5. The standard InChI is InChI=1S/C13H18N2O5/c1-2-19-11(18)9-7-20-12(15-9)14-8-13(4-3-5-13)6-10(16)17/h7H,2-6,8H2,1H3,(H,14,15)(H,16,17). The lowest BCUT2D eigenvalue weighted by molar-refractivity contribution is -0.141. The van der Waals surface area contributed by atoms with Crippen molar-refractivity contribution in [3.05, 3.63) is 12.0 Å². The molecule has 7 nitrogen and oxygen atoms in total. The van der Waals surface area contributed by atoms with Gasteiger partial charge in [0.15, 0.2) is 5.69 Å². The second-order valence-electron chi connectivity index (χ2n) is 5.04. The van der Waals surface area contributed by atoms with Gasteiger partial charge < -0.3 is 19.6 Å². The molecule has 1 saturated carbocycles. The minimum atomic E-state index is -0.800. The van der Waals surface area contributed by atoms with Gasteiger partial charge in [-0.15, -0.1) is 0 Å². The van der Waals surface area contributed by atoms with Gasteiger partial charge in [-0.3, -0.25) is 4.79 Å². The molecule has 7 heteroatoms. The third-order valence-corrected chi connectivity index (χ3v) is 3.54. The molecule has 0 aromatic carbocycles. The molecule has 0 unspecified atom stereocenters. The topological polar surface area (TPSA) is 102 Å². The van der Waals surface area contributed by atoms with Crippen molar-refractivity contribution in [2.45, 2.75) is 32.6 Å². The van der Waals surface area contributed by atoms with E-state index in [0.717, 1.165) is 19.3 Å². The van der Waals surface area contributed by atoms with Gasteiger partial charge in [0.05, 0.1) is 13.0 Å². The Hall–Kier alpha value is -2.05. The number of ether oxygens (including phenoxy) is 1. The molecule has 1 aromatic heterocycles. The fourth-order valence-corrected chi connectivity index (χ4v) is 2.33. The number of hydrogen-bond donors (Lipinski definition) is 2. The van der Waals surface area contributed by atoms with Gasteiger partial charge in [0.1, 0.15) is 6.26 Å². The number of carbonyl (C=O) groups excluding carboxylic acids is 1. The van der Waals surface area contributed by atoms with Crippen LogP contribution >= 0.6 is 0 Å². The van der Waals surface area contributed by atoms with Crippen molar-refractivity contribution in [3.63, 3.8) is 0 Å². The molecule has 2 N–H and O–H groups in total. The van der Waals surface area contributed by atoms with E-state index in [2.05, 4.69) is 10.3 Å². The van der Waals surface area contributed by atoms with Gasteiger partial charge in [0.25, 0.3) is 6.01 Å². The van der Waals surface area contributed by atoms with Gasteiger partial charge in [0.2, 0.25) is 0 Å². The Bertz CT molecular complexity index is 493. The van der Waals surface area contributed by atoms with Crippen LogP contribution < -0.4 is 5.32 Å². The summed E-state index contributed by atoms with van der Waals surface area (Å²) < 4.78 is 9.94. The van der Waals surface area contributed by atoms with Gasteiger partial charge in [-0.25, -0.2) is 4.79 Å². The average Bonchev–Trinajstić information content (AvgIpc) is 2.81. The minimum Gasteiger partial charge on any atom is -0.481 e. The van der Waals surface area contributed by atoms with Crippen molar-refractivity contribution in [1.29, 1.82) is 0 Å². The van der Waals surface area contributed by atoms with Crippen molar-refractivity contribution < 1.29 is 23.8 Å². The van der Waals surface area contributed by atoms with E-state index in [0.29, 0.717) is 6.54 Å². The third kappa shape index (κ3) is 3.28. The molecule has 1 aliphatic carbocycles. The van der Waals surface area contributed by atoms with Gasteiger partial charge in [-0.1, -0.05) is 6.42 Å². The highest BCUT2D eigenvalue weighted by molar-refractivity contribution is 5.87. The lowest BCUT2D eigenvalue weighted by Gasteiger charge is -2.40. The van der Waals surface area contributed by atoms with E-state index >= 15 is 0 Å². The van der Waals surface area contributed by atoms with Gasteiger partial charge in [0, 0.05) is 6.54 Å². The molecular formula is C13H18N2O5. The maximum absolute atomic E-state index is 11.4. The molecule has 2 rings (SSSR count). The summed E-state index contributed by atoms with van der Waals surface area (Å²) in [5, 5.41) is 11.9. The largest absolute Gasteiger partial charge is 0.481 e. The van der Waals surface area contributed by atoms with Crippen molar-refractivity contribution in [3.8, 4) is 0 Å². The number of esters is 1. The van der Waals surface area contributed by atoms with Crippen LogP contribution in [0.15, 0.2) is 10.7 Å². The second kappa shape index (κ2) is 5.94. The van der Waals surface area contributed by atoms with Crippen LogP contribution in [-0.4, -0.2) is 35.2 Å². The number of nitrogens with one attached hydrogen (secondary N) is 1. The first-order chi connectivity index (χ1) is 9.54. The Morgan fingerprint density at radius 3 is 2.85 bits per heavy atom. The zero-order valence-electron chi connectivity index (χ0n) is 11.3. The third-order valence-electron chi connectivity index (χ3n) is 3.54. The smallest absolute Gasteiger partial charge is 0.360 e. The van der Waals surface area contributed by atoms with Crippen molar-refractivity contribution in [1.82, 2.24) is 4.98 Å². The molecule has 0 saturated heterocycles. The highest BCUT2D eigenvalue weighted by Crippen LogP contribution is 2.43. The van der Waals surface area contributed by atoms with Crippen LogP contribution in [0.5, 0.6) is 0 Å². The number of oxazole rings is 1. The van der Waals surface area contributed by atoms with Crippen LogP contribution in [0.3, 0.4) is 0 Å². The summed E-state index contributed by atoms with van der Waals surface area (Å²) in [6, 6.07) is 0.213. The summed E-state index contributed by atoms with van der Waals surface area (Å²) in [6.45, 7) is 2.46. The molecule has 0 aliphatic heterocycles. The fourth-order valence-electron chi connectivity index (χ4n) is 2.33. The zero-order chi connectivity index (χ0) is 14.6. The molecule has 0 amide bonds. The summed E-state index contributed by atoms with van der Waals surface area (Å²) in [7, 11) is 0. The van der Waals surface area contributed by atoms with Crippen molar-refractivity contribution >= 4 is 18.0 Å². The predicted molar refractivity (Wildman–Crippen MR) is 69.5 cm³/mol. The highest BCUT2D eigenvalue weighted by Gasteiger charge is 2.39. The van der Waals surface area contributed by atoms with Crippen molar-refractivity contribution in [2.24, 2.45) is 5.41 Å². The Morgan fingerprint density at radius 1 is 1.55 bits per heavy atom. The van der Waals surface area contributed by atoms with E-state index in [9.17, 15) is 9.59 Å². The summed E-state index contributed by atoms with van der Waals surface area (Å²) in [5.74, 6) is -1.33. The number of carboxylic acids is 1. The van der Waals surface area contributed by atoms with Crippen LogP contribution in [-0.2, 0) is 9.53 Å². The first-order valence-corrected chi connectivity index (χ1v) is 6.63. The van der Waals surface area contributed by atoms with E-state index < -0.39 is 11.9 Å². The number of hydrogen-bond acceptors (Lipinski definition) is 6. The van der Waals surface area contributed by atoms with Crippen LogP contribution in [0.4, 0.5) is 6.01 Å². The average molecular weight is 282 g/mol. The fraction of sp³-hybridized carbons (Fsp3) is 0.615. The molecule has 0 bridgehead atoms. The van der Waals surface area contributed by atoms with E-state index in [1.807, 2.05) is 0 Å². The van der Waals surface area contributed by atoms with E-state index in [-0.39, 0.29) is 30.2 Å². The van der Waals surface area contributed by atoms with Crippen LogP contribution in [0.2, 0.25) is 0 Å². The predicted octanol–water partition coefficient (Wildman–Crippen LogP) is 1.91. The van der Waals surface area contributed by atoms with Gasteiger partial charge in [-0.2, -0.15) is 4.98 Å². The number of anilines is 1. The number of aromatic nitrogens is 1. The lowest BCUT2D eigenvalue weighted by Crippen LogP contribution is -2.38. The number of carbonyl (C=O) groups is 2. The maximum atomic E-state index is 11.4. The number of aliphatic carboxylic acids is 1. The molecule has 1 aliphatic rings. The monoisotopic (exact) mass is 282 g/mol. The summed E-state index contributed by atoms with van der Waals surface area (Å²) in [5.41, 5.74) is -0.125. The molecular weight excluding hydrogens is 264 g/mol. The SMILES string of the molecule is CCOC(=O)c1coc(NCC2(CC(=O)O)CCC2)n1. The van der Waals surface area contributed by atoms with E-state index in [4.69, 9.17) is 14.3 Å². The molecule has 110 valence electrons. The number of nitrogens with zero attached hydrogens (tertiary/aromatic N) is 1.